The first-order chi connectivity index (χ1) is 11.5. The number of ether oxygens (including phenoxy) is 1. The largest absolute Gasteiger partial charge is 0.383 e. The molecule has 0 radical (unpaired) electrons. The minimum atomic E-state index is -3.32. The van der Waals surface area contributed by atoms with Gasteiger partial charge in [0.2, 0.25) is 0 Å². The van der Waals surface area contributed by atoms with Gasteiger partial charge in [-0.1, -0.05) is 0 Å². The van der Waals surface area contributed by atoms with Crippen molar-refractivity contribution in [2.75, 3.05) is 53.5 Å². The first kappa shape index (κ1) is 18.6. The second-order valence-electron chi connectivity index (χ2n) is 7.75. The molecule has 3 heterocycles. The molecule has 0 spiro atoms. The monoisotopic (exact) mass is 359 g/mol. The van der Waals surface area contributed by atoms with Crippen LogP contribution in [0.4, 0.5) is 0 Å². The third-order valence-corrected chi connectivity index (χ3v) is 8.32. The molecule has 7 heteroatoms. The predicted octanol–water partition coefficient (Wildman–Crippen LogP) is 1.40. The average molecular weight is 360 g/mol. The summed E-state index contributed by atoms with van der Waals surface area (Å²) in [7, 11) is 0.524. The Balaban J connectivity index is 1.55. The van der Waals surface area contributed by atoms with E-state index in [1.54, 1.807) is 15.7 Å². The van der Waals surface area contributed by atoms with Gasteiger partial charge in [0.05, 0.1) is 6.61 Å². The molecule has 3 aliphatic rings. The molecular formula is C17H33N3O3S. The molecule has 0 aromatic heterocycles. The standard InChI is InChI=1S/C17H33N3O3S/c1-18-10-5-15(6-11-18)16-7-12-19(13-8-16)24(21,22)20-9-3-4-17(20)14-23-2/h15-17H,3-14H2,1-2H3. The van der Waals surface area contributed by atoms with Gasteiger partial charge in [0.15, 0.2) is 0 Å². The normalized spacial score (nSPS) is 30.2. The Bertz CT molecular complexity index is 497. The van der Waals surface area contributed by atoms with Gasteiger partial charge in [-0.2, -0.15) is 17.0 Å². The third-order valence-electron chi connectivity index (χ3n) is 6.23. The topological polar surface area (TPSA) is 53.1 Å². The molecule has 24 heavy (non-hydrogen) atoms. The van der Waals surface area contributed by atoms with E-state index >= 15 is 0 Å². The van der Waals surface area contributed by atoms with E-state index in [1.807, 2.05) is 0 Å². The summed E-state index contributed by atoms with van der Waals surface area (Å²) in [6.45, 7) is 4.91. The molecule has 0 aliphatic carbocycles. The molecule has 6 nitrogen and oxygen atoms in total. The molecular weight excluding hydrogens is 326 g/mol. The number of piperidine rings is 2. The quantitative estimate of drug-likeness (QED) is 0.744. The van der Waals surface area contributed by atoms with Crippen LogP contribution >= 0.6 is 0 Å². The summed E-state index contributed by atoms with van der Waals surface area (Å²) < 4.78 is 34.6. The number of hydrogen-bond acceptors (Lipinski definition) is 4. The highest BCUT2D eigenvalue weighted by molar-refractivity contribution is 7.86. The Kier molecular flexibility index (Phi) is 6.19. The molecule has 3 rings (SSSR count). The molecule has 0 N–H and O–H groups in total. The van der Waals surface area contributed by atoms with E-state index in [4.69, 9.17) is 4.74 Å². The summed E-state index contributed by atoms with van der Waals surface area (Å²) >= 11 is 0. The van der Waals surface area contributed by atoms with Crippen molar-refractivity contribution in [3.05, 3.63) is 0 Å². The van der Waals surface area contributed by atoms with Gasteiger partial charge in [-0.05, 0) is 70.5 Å². The molecule has 1 atom stereocenters. The molecule has 3 aliphatic heterocycles. The van der Waals surface area contributed by atoms with E-state index in [2.05, 4.69) is 11.9 Å². The van der Waals surface area contributed by atoms with E-state index in [1.165, 1.54) is 25.9 Å². The van der Waals surface area contributed by atoms with Crippen molar-refractivity contribution in [1.82, 2.24) is 13.5 Å². The summed E-state index contributed by atoms with van der Waals surface area (Å²) in [5.74, 6) is 1.50. The van der Waals surface area contributed by atoms with Crippen LogP contribution < -0.4 is 0 Å². The maximum Gasteiger partial charge on any atom is 0.282 e. The van der Waals surface area contributed by atoms with E-state index < -0.39 is 10.2 Å². The highest BCUT2D eigenvalue weighted by Crippen LogP contribution is 2.34. The van der Waals surface area contributed by atoms with Gasteiger partial charge in [0, 0.05) is 32.8 Å². The molecule has 3 fully saturated rings. The van der Waals surface area contributed by atoms with E-state index in [9.17, 15) is 8.42 Å². The molecule has 0 aromatic carbocycles. The van der Waals surface area contributed by atoms with Gasteiger partial charge in [0.25, 0.3) is 10.2 Å². The van der Waals surface area contributed by atoms with Crippen LogP contribution in [0.1, 0.15) is 38.5 Å². The molecule has 0 amide bonds. The lowest BCUT2D eigenvalue weighted by Gasteiger charge is -2.40. The first-order valence-electron chi connectivity index (χ1n) is 9.46. The van der Waals surface area contributed by atoms with Crippen LogP contribution in [0, 0.1) is 11.8 Å². The average Bonchev–Trinajstić information content (AvgIpc) is 3.05. The SMILES string of the molecule is COCC1CCCN1S(=O)(=O)N1CCC(C2CCN(C)CC2)CC1. The number of methoxy groups -OCH3 is 1. The van der Waals surface area contributed by atoms with Crippen LogP contribution in [0.2, 0.25) is 0 Å². The maximum absolute atomic E-state index is 13.0. The molecule has 140 valence electrons. The highest BCUT2D eigenvalue weighted by Gasteiger charge is 2.40. The zero-order valence-corrected chi connectivity index (χ0v) is 16.0. The highest BCUT2D eigenvalue weighted by atomic mass is 32.2. The van der Waals surface area contributed by atoms with Crippen molar-refractivity contribution in [3.8, 4) is 0 Å². The van der Waals surface area contributed by atoms with E-state index in [0.717, 1.165) is 31.6 Å². The second-order valence-corrected chi connectivity index (χ2v) is 9.63. The minimum Gasteiger partial charge on any atom is -0.383 e. The summed E-state index contributed by atoms with van der Waals surface area (Å²) in [6, 6.07) is 0.0200. The molecule has 1 unspecified atom stereocenters. The predicted molar refractivity (Wildman–Crippen MR) is 95.0 cm³/mol. The van der Waals surface area contributed by atoms with Crippen LogP contribution in [0.25, 0.3) is 0 Å². The summed E-state index contributed by atoms with van der Waals surface area (Å²) in [5, 5.41) is 0. The number of rotatable bonds is 5. The van der Waals surface area contributed by atoms with Crippen LogP contribution in [0.3, 0.4) is 0 Å². The fraction of sp³-hybridized carbons (Fsp3) is 1.00. The number of nitrogens with zero attached hydrogens (tertiary/aromatic N) is 3. The van der Waals surface area contributed by atoms with E-state index in [0.29, 0.717) is 32.2 Å². The molecule has 0 aromatic rings. The van der Waals surface area contributed by atoms with Gasteiger partial charge in [0.1, 0.15) is 0 Å². The lowest BCUT2D eigenvalue weighted by Crippen LogP contribution is -2.50. The number of hydrogen-bond donors (Lipinski definition) is 0. The van der Waals surface area contributed by atoms with Crippen LogP contribution in [0.15, 0.2) is 0 Å². The second kappa shape index (κ2) is 7.99. The third kappa shape index (κ3) is 3.96. The van der Waals surface area contributed by atoms with Gasteiger partial charge in [-0.15, -0.1) is 0 Å². The van der Waals surface area contributed by atoms with Crippen LogP contribution in [-0.4, -0.2) is 81.5 Å². The van der Waals surface area contributed by atoms with Crippen molar-refractivity contribution >= 4 is 10.2 Å². The molecule has 0 bridgehead atoms. The van der Waals surface area contributed by atoms with Crippen molar-refractivity contribution in [1.29, 1.82) is 0 Å². The van der Waals surface area contributed by atoms with E-state index in [-0.39, 0.29) is 6.04 Å². The number of likely N-dealkylation sites (tertiary alicyclic amines) is 1. The smallest absolute Gasteiger partial charge is 0.282 e. The van der Waals surface area contributed by atoms with Crippen LogP contribution in [0.5, 0.6) is 0 Å². The Morgan fingerprint density at radius 1 is 0.917 bits per heavy atom. The Labute approximate surface area is 147 Å². The molecule has 3 saturated heterocycles. The van der Waals surface area contributed by atoms with Gasteiger partial charge in [-0.25, -0.2) is 0 Å². The maximum atomic E-state index is 13.0. The first-order valence-corrected chi connectivity index (χ1v) is 10.9. The summed E-state index contributed by atoms with van der Waals surface area (Å²) in [4.78, 5) is 2.40. The summed E-state index contributed by atoms with van der Waals surface area (Å²) in [6.07, 6.45) is 6.46. The van der Waals surface area contributed by atoms with Crippen LogP contribution in [-0.2, 0) is 14.9 Å². The zero-order chi connectivity index (χ0) is 17.2. The fourth-order valence-corrected chi connectivity index (χ4v) is 6.57. The Morgan fingerprint density at radius 3 is 2.08 bits per heavy atom. The van der Waals surface area contributed by atoms with Gasteiger partial charge < -0.3 is 9.64 Å². The minimum absolute atomic E-state index is 0.0200. The zero-order valence-electron chi connectivity index (χ0n) is 15.2. The Hall–Kier alpha value is -0.210. The fourth-order valence-electron chi connectivity index (χ4n) is 4.70. The summed E-state index contributed by atoms with van der Waals surface area (Å²) in [5.41, 5.74) is 0. The van der Waals surface area contributed by atoms with Gasteiger partial charge >= 0.3 is 0 Å². The lowest BCUT2D eigenvalue weighted by molar-refractivity contribution is 0.124. The van der Waals surface area contributed by atoms with Gasteiger partial charge in [-0.3, -0.25) is 0 Å². The van der Waals surface area contributed by atoms with Crippen molar-refractivity contribution in [2.24, 2.45) is 11.8 Å². The lowest BCUT2D eigenvalue weighted by atomic mass is 9.79. The van der Waals surface area contributed by atoms with Crippen molar-refractivity contribution in [2.45, 2.75) is 44.6 Å². The van der Waals surface area contributed by atoms with Crippen molar-refractivity contribution < 1.29 is 13.2 Å². The Morgan fingerprint density at radius 2 is 1.50 bits per heavy atom. The van der Waals surface area contributed by atoms with Crippen molar-refractivity contribution in [3.63, 3.8) is 0 Å². The molecule has 0 saturated carbocycles.